The molecule has 4 nitrogen and oxygen atoms in total. The van der Waals surface area contributed by atoms with E-state index in [-0.39, 0.29) is 23.7 Å². The molecule has 0 saturated heterocycles. The highest BCUT2D eigenvalue weighted by Crippen LogP contribution is 2.58. The smallest absolute Gasteiger partial charge is 0.239 e. The molecule has 2 saturated carbocycles. The van der Waals surface area contributed by atoms with E-state index < -0.39 is 6.04 Å². The maximum absolute atomic E-state index is 11.9. The summed E-state index contributed by atoms with van der Waals surface area (Å²) in [6.07, 6.45) is 4.98. The molecule has 5 heteroatoms. The highest BCUT2D eigenvalue weighted by Gasteiger charge is 2.60. The van der Waals surface area contributed by atoms with Crippen LogP contribution < -0.4 is 5.73 Å². The first-order chi connectivity index (χ1) is 8.03. The molecule has 2 N–H and O–H groups in total. The van der Waals surface area contributed by atoms with Gasteiger partial charge in [-0.2, -0.15) is 0 Å². The van der Waals surface area contributed by atoms with Crippen LogP contribution in [0.1, 0.15) is 39.5 Å². The van der Waals surface area contributed by atoms with Crippen molar-refractivity contribution in [3.8, 4) is 0 Å². The van der Waals surface area contributed by atoms with Crippen LogP contribution in [0.15, 0.2) is 0 Å². The first-order valence-electron chi connectivity index (χ1n) is 6.66. The van der Waals surface area contributed by atoms with Gasteiger partial charge in [-0.1, -0.05) is 6.42 Å². The Bertz CT molecular complexity index is 305. The molecule has 0 aromatic rings. The van der Waals surface area contributed by atoms with Crippen molar-refractivity contribution in [2.75, 3.05) is 13.7 Å². The number of carbonyl (C=O) groups excluding carboxylic acids is 1. The van der Waals surface area contributed by atoms with E-state index in [2.05, 4.69) is 0 Å². The molecular weight excluding hydrogens is 252 g/mol. The summed E-state index contributed by atoms with van der Waals surface area (Å²) in [5.41, 5.74) is 5.92. The minimum absolute atomic E-state index is 0. The Labute approximate surface area is 116 Å². The molecular formula is C13H25ClN2O2. The lowest BCUT2D eigenvalue weighted by Gasteiger charge is -2.63. The molecule has 2 fully saturated rings. The summed E-state index contributed by atoms with van der Waals surface area (Å²) in [7, 11) is 1.89. The second-order valence-electron chi connectivity index (χ2n) is 5.52. The van der Waals surface area contributed by atoms with Crippen molar-refractivity contribution in [3.63, 3.8) is 0 Å². The van der Waals surface area contributed by atoms with E-state index in [0.717, 1.165) is 13.0 Å². The summed E-state index contributed by atoms with van der Waals surface area (Å²) in [4.78, 5) is 13.8. The van der Waals surface area contributed by atoms with Crippen LogP contribution in [-0.4, -0.2) is 42.6 Å². The Hall–Kier alpha value is -0.320. The average Bonchev–Trinajstić information content (AvgIpc) is 2.19. The van der Waals surface area contributed by atoms with Gasteiger partial charge in [-0.3, -0.25) is 4.79 Å². The normalized spacial score (nSPS) is 29.8. The fourth-order valence-electron chi connectivity index (χ4n) is 3.42. The van der Waals surface area contributed by atoms with Crippen LogP contribution in [0.25, 0.3) is 0 Å². The van der Waals surface area contributed by atoms with Crippen LogP contribution in [-0.2, 0) is 9.53 Å². The Morgan fingerprint density at radius 2 is 2.17 bits per heavy atom. The van der Waals surface area contributed by atoms with Crippen molar-refractivity contribution in [1.82, 2.24) is 4.90 Å². The number of likely N-dealkylation sites (N-methyl/N-ethyl adjacent to an activating group) is 1. The summed E-state index contributed by atoms with van der Waals surface area (Å²) in [6.45, 7) is 4.56. The highest BCUT2D eigenvalue weighted by molar-refractivity contribution is 5.85. The van der Waals surface area contributed by atoms with Gasteiger partial charge in [0.05, 0.1) is 12.1 Å². The predicted molar refractivity (Wildman–Crippen MR) is 73.8 cm³/mol. The van der Waals surface area contributed by atoms with Crippen LogP contribution in [0.5, 0.6) is 0 Å². The molecule has 0 heterocycles. The summed E-state index contributed by atoms with van der Waals surface area (Å²) in [5, 5.41) is 0. The first-order valence-corrected chi connectivity index (χ1v) is 6.66. The molecule has 2 rings (SSSR count). The Morgan fingerprint density at radius 1 is 1.56 bits per heavy atom. The van der Waals surface area contributed by atoms with Crippen molar-refractivity contribution in [2.24, 2.45) is 11.1 Å². The molecule has 0 radical (unpaired) electrons. The number of hydrogen-bond acceptors (Lipinski definition) is 3. The molecule has 0 aliphatic heterocycles. The van der Waals surface area contributed by atoms with E-state index in [9.17, 15) is 4.79 Å². The van der Waals surface area contributed by atoms with Gasteiger partial charge >= 0.3 is 0 Å². The van der Waals surface area contributed by atoms with E-state index in [1.807, 2.05) is 18.9 Å². The number of carbonyl (C=O) groups is 1. The molecule has 3 atom stereocenters. The molecule has 106 valence electrons. The van der Waals surface area contributed by atoms with Crippen molar-refractivity contribution in [3.05, 3.63) is 0 Å². The predicted octanol–water partition coefficient (Wildman–Crippen LogP) is 1.56. The molecule has 0 aromatic carbocycles. The third kappa shape index (κ3) is 2.26. The molecule has 2 aliphatic carbocycles. The van der Waals surface area contributed by atoms with Crippen molar-refractivity contribution >= 4 is 18.3 Å². The zero-order valence-electron chi connectivity index (χ0n) is 11.5. The number of nitrogens with zero attached hydrogens (tertiary/aromatic N) is 1. The second kappa shape index (κ2) is 5.76. The van der Waals surface area contributed by atoms with E-state index in [1.54, 1.807) is 6.92 Å². The van der Waals surface area contributed by atoms with Gasteiger partial charge in [0.2, 0.25) is 5.91 Å². The lowest BCUT2D eigenvalue weighted by atomic mass is 9.50. The Kier molecular flexibility index (Phi) is 5.04. The third-order valence-electron chi connectivity index (χ3n) is 4.60. The lowest BCUT2D eigenvalue weighted by molar-refractivity contribution is -0.202. The van der Waals surface area contributed by atoms with Crippen molar-refractivity contribution in [1.29, 1.82) is 0 Å². The van der Waals surface area contributed by atoms with Crippen molar-refractivity contribution in [2.45, 2.75) is 57.7 Å². The molecule has 1 spiro atoms. The molecule has 18 heavy (non-hydrogen) atoms. The first kappa shape index (κ1) is 15.7. The summed E-state index contributed by atoms with van der Waals surface area (Å²) >= 11 is 0. The maximum Gasteiger partial charge on any atom is 0.239 e. The van der Waals surface area contributed by atoms with Crippen LogP contribution in [0, 0.1) is 5.41 Å². The Balaban J connectivity index is 0.00000162. The molecule has 0 bridgehead atoms. The van der Waals surface area contributed by atoms with Crippen LogP contribution >= 0.6 is 12.4 Å². The van der Waals surface area contributed by atoms with Crippen LogP contribution in [0.2, 0.25) is 0 Å². The van der Waals surface area contributed by atoms with Gasteiger partial charge < -0.3 is 15.4 Å². The minimum atomic E-state index is -0.400. The van der Waals surface area contributed by atoms with Gasteiger partial charge in [0.1, 0.15) is 0 Å². The number of nitrogens with two attached hydrogens (primary N) is 1. The summed E-state index contributed by atoms with van der Waals surface area (Å²) in [6, 6.07) is -0.0606. The highest BCUT2D eigenvalue weighted by atomic mass is 35.5. The second-order valence-corrected chi connectivity index (χ2v) is 5.52. The van der Waals surface area contributed by atoms with Gasteiger partial charge in [-0.15, -0.1) is 12.4 Å². The van der Waals surface area contributed by atoms with Crippen molar-refractivity contribution < 1.29 is 9.53 Å². The summed E-state index contributed by atoms with van der Waals surface area (Å²) < 4.78 is 5.79. The third-order valence-corrected chi connectivity index (χ3v) is 4.60. The van der Waals surface area contributed by atoms with Gasteiger partial charge in [-0.05, 0) is 33.1 Å². The molecule has 2 aliphatic rings. The average molecular weight is 277 g/mol. The molecule has 1 amide bonds. The van der Waals surface area contributed by atoms with Gasteiger partial charge in [0.25, 0.3) is 0 Å². The number of halogens is 1. The summed E-state index contributed by atoms with van der Waals surface area (Å²) in [5.74, 6) is 0.0521. The van der Waals surface area contributed by atoms with E-state index >= 15 is 0 Å². The topological polar surface area (TPSA) is 55.6 Å². The lowest BCUT2D eigenvalue weighted by Crippen LogP contribution is -2.68. The maximum atomic E-state index is 11.9. The van der Waals surface area contributed by atoms with Gasteiger partial charge in [0, 0.05) is 25.1 Å². The SMILES string of the molecule is CCOC1CC(N(C)C(=O)[C@@H](C)N)C12CCC2.Cl. The fourth-order valence-corrected chi connectivity index (χ4v) is 3.42. The number of hydrogen-bond donors (Lipinski definition) is 1. The van der Waals surface area contributed by atoms with E-state index in [4.69, 9.17) is 10.5 Å². The van der Waals surface area contributed by atoms with Crippen LogP contribution in [0.4, 0.5) is 0 Å². The number of amides is 1. The zero-order chi connectivity index (χ0) is 12.6. The standard InChI is InChI=1S/C13H24N2O2.ClH/c1-4-17-11-8-10(13(11)6-5-7-13)15(3)12(16)9(2)14;/h9-11H,4-8,14H2,1-3H3;1H/t9-,10?,11?;/m1./s1. The minimum Gasteiger partial charge on any atom is -0.378 e. The van der Waals surface area contributed by atoms with E-state index in [0.29, 0.717) is 12.1 Å². The number of ether oxygens (including phenoxy) is 1. The fraction of sp³-hybridized carbons (Fsp3) is 0.923. The van der Waals surface area contributed by atoms with Gasteiger partial charge in [0.15, 0.2) is 0 Å². The number of rotatable bonds is 4. The molecule has 0 aromatic heterocycles. The largest absolute Gasteiger partial charge is 0.378 e. The monoisotopic (exact) mass is 276 g/mol. The Morgan fingerprint density at radius 3 is 2.56 bits per heavy atom. The molecule has 2 unspecified atom stereocenters. The van der Waals surface area contributed by atoms with Crippen LogP contribution in [0.3, 0.4) is 0 Å². The quantitative estimate of drug-likeness (QED) is 0.848. The van der Waals surface area contributed by atoms with E-state index in [1.165, 1.54) is 19.3 Å². The van der Waals surface area contributed by atoms with Gasteiger partial charge in [-0.25, -0.2) is 0 Å². The zero-order valence-corrected chi connectivity index (χ0v) is 12.3.